The average molecular weight is 432 g/mol. The number of rotatable bonds is 9. The molecule has 1 N–H and O–H groups in total. The van der Waals surface area contributed by atoms with Gasteiger partial charge in [-0.2, -0.15) is 0 Å². The van der Waals surface area contributed by atoms with Gasteiger partial charge in [-0.25, -0.2) is 0 Å². The molecule has 0 bridgehead atoms. The van der Waals surface area contributed by atoms with Crippen molar-refractivity contribution in [3.05, 3.63) is 47.5 Å². The number of carbonyl (C=O) groups excluding carboxylic acids is 1. The molecule has 2 aromatic rings. The molecule has 0 saturated carbocycles. The van der Waals surface area contributed by atoms with Gasteiger partial charge >= 0.3 is 0 Å². The number of nitrogens with zero attached hydrogens (tertiary/aromatic N) is 2. The summed E-state index contributed by atoms with van der Waals surface area (Å²) in [5.74, 6) is 1.55. The van der Waals surface area contributed by atoms with Crippen LogP contribution in [0.4, 0.5) is 11.4 Å². The number of anilines is 2. The highest BCUT2D eigenvalue weighted by atomic mass is 35.5. The van der Waals surface area contributed by atoms with Gasteiger partial charge in [-0.05, 0) is 62.9 Å². The largest absolute Gasteiger partial charge is 0.494 e. The summed E-state index contributed by atoms with van der Waals surface area (Å²) in [7, 11) is 2.12. The second-order valence-electron chi connectivity index (χ2n) is 7.36. The molecule has 1 heterocycles. The van der Waals surface area contributed by atoms with Gasteiger partial charge < -0.3 is 24.6 Å². The monoisotopic (exact) mass is 431 g/mol. The van der Waals surface area contributed by atoms with Crippen LogP contribution >= 0.6 is 11.6 Å². The molecule has 3 rings (SSSR count). The molecule has 2 aromatic carbocycles. The molecule has 0 aliphatic carbocycles. The van der Waals surface area contributed by atoms with E-state index in [1.54, 1.807) is 0 Å². The van der Waals surface area contributed by atoms with Crippen LogP contribution in [0.1, 0.15) is 19.8 Å². The van der Waals surface area contributed by atoms with E-state index >= 15 is 0 Å². The molecule has 30 heavy (non-hydrogen) atoms. The quantitative estimate of drug-likeness (QED) is 0.600. The van der Waals surface area contributed by atoms with Crippen LogP contribution in [0, 0.1) is 0 Å². The summed E-state index contributed by atoms with van der Waals surface area (Å²) in [5.41, 5.74) is 1.79. The minimum atomic E-state index is -0.0389. The molecule has 1 aliphatic heterocycles. The number of carbonyl (C=O) groups is 1. The van der Waals surface area contributed by atoms with Crippen molar-refractivity contribution in [1.29, 1.82) is 0 Å². The number of piperazine rings is 1. The number of likely N-dealkylation sites (N-methyl/N-ethyl adjacent to an activating group) is 1. The molecule has 1 amide bonds. The smallest absolute Gasteiger partial charge is 0.224 e. The third kappa shape index (κ3) is 6.54. The first-order chi connectivity index (χ1) is 14.5. The maximum absolute atomic E-state index is 12.5. The fourth-order valence-corrected chi connectivity index (χ4v) is 3.54. The lowest BCUT2D eigenvalue weighted by molar-refractivity contribution is -0.116. The summed E-state index contributed by atoms with van der Waals surface area (Å²) in [5, 5.41) is 3.64. The Bertz CT molecular complexity index is 821. The van der Waals surface area contributed by atoms with Gasteiger partial charge in [0.05, 0.1) is 24.6 Å². The Hall–Kier alpha value is -2.44. The second kappa shape index (κ2) is 11.1. The van der Waals surface area contributed by atoms with Gasteiger partial charge in [0.1, 0.15) is 11.5 Å². The summed E-state index contributed by atoms with van der Waals surface area (Å²) in [6.07, 6.45) is 1.01. The third-order valence-corrected chi connectivity index (χ3v) is 5.26. The topological polar surface area (TPSA) is 54.0 Å². The van der Waals surface area contributed by atoms with E-state index in [1.807, 2.05) is 49.4 Å². The highest BCUT2D eigenvalue weighted by molar-refractivity contribution is 6.31. The van der Waals surface area contributed by atoms with Gasteiger partial charge in [0.2, 0.25) is 5.91 Å². The van der Waals surface area contributed by atoms with Crippen LogP contribution in [0.2, 0.25) is 5.02 Å². The van der Waals surface area contributed by atoms with E-state index in [4.69, 9.17) is 21.1 Å². The first-order valence-electron chi connectivity index (χ1n) is 10.4. The van der Waals surface area contributed by atoms with Crippen LogP contribution in [-0.2, 0) is 4.79 Å². The summed E-state index contributed by atoms with van der Waals surface area (Å²) in [6, 6.07) is 13.2. The normalized spacial score (nSPS) is 14.4. The van der Waals surface area contributed by atoms with Crippen molar-refractivity contribution in [3.8, 4) is 11.5 Å². The molecule has 0 spiro atoms. The Morgan fingerprint density at radius 1 is 1.03 bits per heavy atom. The lowest BCUT2D eigenvalue weighted by Crippen LogP contribution is -2.44. The van der Waals surface area contributed by atoms with Gasteiger partial charge in [-0.3, -0.25) is 4.79 Å². The Labute approximate surface area is 183 Å². The van der Waals surface area contributed by atoms with Gasteiger partial charge in [0, 0.05) is 37.6 Å². The molecule has 7 heteroatoms. The van der Waals surface area contributed by atoms with Crippen LogP contribution in [0.25, 0.3) is 0 Å². The van der Waals surface area contributed by atoms with E-state index in [2.05, 4.69) is 22.2 Å². The molecule has 6 nitrogen and oxygen atoms in total. The standard InChI is InChI=1S/C23H30ClN3O3/c1-3-29-19-7-9-20(10-8-19)30-16-4-5-23(28)25-21-17-18(24)6-11-22(21)27-14-12-26(2)13-15-27/h6-11,17H,3-5,12-16H2,1-2H3,(H,25,28). The summed E-state index contributed by atoms with van der Waals surface area (Å²) in [6.45, 7) is 6.92. The number of hydrogen-bond acceptors (Lipinski definition) is 5. The summed E-state index contributed by atoms with van der Waals surface area (Å²) >= 11 is 6.18. The van der Waals surface area contributed by atoms with E-state index in [0.29, 0.717) is 31.1 Å². The predicted octanol–water partition coefficient (Wildman–Crippen LogP) is 4.29. The van der Waals surface area contributed by atoms with Gasteiger partial charge in [-0.1, -0.05) is 11.6 Å². The van der Waals surface area contributed by atoms with Crippen LogP contribution in [0.3, 0.4) is 0 Å². The zero-order valence-corrected chi connectivity index (χ0v) is 18.5. The molecule has 0 aromatic heterocycles. The van der Waals surface area contributed by atoms with Crippen molar-refractivity contribution >= 4 is 28.9 Å². The van der Waals surface area contributed by atoms with Gasteiger partial charge in [-0.15, -0.1) is 0 Å². The Morgan fingerprint density at radius 2 is 1.70 bits per heavy atom. The Balaban J connectivity index is 1.48. The maximum Gasteiger partial charge on any atom is 0.224 e. The van der Waals surface area contributed by atoms with E-state index < -0.39 is 0 Å². The second-order valence-corrected chi connectivity index (χ2v) is 7.79. The first-order valence-corrected chi connectivity index (χ1v) is 10.8. The number of benzene rings is 2. The van der Waals surface area contributed by atoms with Crippen molar-refractivity contribution < 1.29 is 14.3 Å². The highest BCUT2D eigenvalue weighted by Gasteiger charge is 2.18. The van der Waals surface area contributed by atoms with Gasteiger partial charge in [0.15, 0.2) is 0 Å². The molecule has 1 saturated heterocycles. The summed E-state index contributed by atoms with van der Waals surface area (Å²) in [4.78, 5) is 17.1. The van der Waals surface area contributed by atoms with Crippen molar-refractivity contribution in [1.82, 2.24) is 4.90 Å². The molecule has 1 fully saturated rings. The minimum Gasteiger partial charge on any atom is -0.494 e. The molecular weight excluding hydrogens is 402 g/mol. The maximum atomic E-state index is 12.5. The van der Waals surface area contributed by atoms with Crippen LogP contribution in [-0.4, -0.2) is 57.2 Å². The minimum absolute atomic E-state index is 0.0389. The zero-order chi connectivity index (χ0) is 21.3. The van der Waals surface area contributed by atoms with Crippen molar-refractivity contribution in [2.75, 3.05) is 56.7 Å². The number of ether oxygens (including phenoxy) is 2. The SMILES string of the molecule is CCOc1ccc(OCCCC(=O)Nc2cc(Cl)ccc2N2CCN(C)CC2)cc1. The molecule has 0 radical (unpaired) electrons. The van der Waals surface area contributed by atoms with E-state index in [1.165, 1.54) is 0 Å². The number of halogens is 1. The van der Waals surface area contributed by atoms with Crippen molar-refractivity contribution in [2.24, 2.45) is 0 Å². The molecule has 0 unspecified atom stereocenters. The third-order valence-electron chi connectivity index (χ3n) is 5.03. The van der Waals surface area contributed by atoms with E-state index in [0.717, 1.165) is 49.1 Å². The molecule has 162 valence electrons. The first kappa shape index (κ1) is 22.2. The Morgan fingerprint density at radius 3 is 2.37 bits per heavy atom. The van der Waals surface area contributed by atoms with E-state index in [-0.39, 0.29) is 5.91 Å². The fraction of sp³-hybridized carbons (Fsp3) is 0.435. The summed E-state index contributed by atoms with van der Waals surface area (Å²) < 4.78 is 11.1. The lowest BCUT2D eigenvalue weighted by Gasteiger charge is -2.35. The number of hydrogen-bond donors (Lipinski definition) is 1. The van der Waals surface area contributed by atoms with Crippen molar-refractivity contribution in [2.45, 2.75) is 19.8 Å². The fourth-order valence-electron chi connectivity index (χ4n) is 3.37. The Kier molecular flexibility index (Phi) is 8.22. The molecule has 0 atom stereocenters. The van der Waals surface area contributed by atoms with Crippen LogP contribution < -0.4 is 19.7 Å². The zero-order valence-electron chi connectivity index (χ0n) is 17.7. The number of nitrogens with one attached hydrogen (secondary N) is 1. The molecular formula is C23H30ClN3O3. The number of amides is 1. The average Bonchev–Trinajstić information content (AvgIpc) is 2.74. The predicted molar refractivity (Wildman–Crippen MR) is 122 cm³/mol. The van der Waals surface area contributed by atoms with Crippen LogP contribution in [0.5, 0.6) is 11.5 Å². The van der Waals surface area contributed by atoms with Gasteiger partial charge in [0.25, 0.3) is 0 Å². The van der Waals surface area contributed by atoms with E-state index in [9.17, 15) is 4.79 Å². The van der Waals surface area contributed by atoms with Crippen molar-refractivity contribution in [3.63, 3.8) is 0 Å². The highest BCUT2D eigenvalue weighted by Crippen LogP contribution is 2.30. The van der Waals surface area contributed by atoms with Crippen LogP contribution in [0.15, 0.2) is 42.5 Å². The molecule has 1 aliphatic rings. The lowest BCUT2D eigenvalue weighted by atomic mass is 10.2.